The third kappa shape index (κ3) is 2.61. The highest BCUT2D eigenvalue weighted by Gasteiger charge is 2.40. The molecule has 0 spiro atoms. The monoisotopic (exact) mass is 271 g/mol. The van der Waals surface area contributed by atoms with Gasteiger partial charge in [-0.3, -0.25) is 4.98 Å². The molecule has 2 aromatic heterocycles. The average Bonchev–Trinajstić information content (AvgIpc) is 3.02. The molecule has 1 aliphatic rings. The topological polar surface area (TPSA) is 50.9 Å². The van der Waals surface area contributed by atoms with Gasteiger partial charge in [-0.15, -0.1) is 0 Å². The quantitative estimate of drug-likeness (QED) is 0.930. The first-order chi connectivity index (χ1) is 9.79. The first-order valence-electron chi connectivity index (χ1n) is 7.39. The van der Waals surface area contributed by atoms with Crippen molar-refractivity contribution in [1.29, 1.82) is 0 Å². The lowest BCUT2D eigenvalue weighted by Crippen LogP contribution is -2.41. The molecule has 4 heteroatoms. The zero-order valence-corrected chi connectivity index (χ0v) is 11.7. The largest absolute Gasteiger partial charge is 0.381 e. The smallest absolute Gasteiger partial charge is 0.127 e. The van der Waals surface area contributed by atoms with E-state index in [1.807, 2.05) is 29.0 Å². The predicted octanol–water partition coefficient (Wildman–Crippen LogP) is 2.75. The predicted molar refractivity (Wildman–Crippen MR) is 76.9 cm³/mol. The Labute approximate surface area is 119 Å². The van der Waals surface area contributed by atoms with Crippen molar-refractivity contribution in [3.8, 4) is 0 Å². The minimum absolute atomic E-state index is 0.272. The van der Waals surface area contributed by atoms with Crippen LogP contribution >= 0.6 is 0 Å². The van der Waals surface area contributed by atoms with Crippen LogP contribution in [0.25, 0.3) is 0 Å². The van der Waals surface area contributed by atoms with Crippen LogP contribution in [0, 0.1) is 5.92 Å². The third-order valence-corrected chi connectivity index (χ3v) is 4.37. The Morgan fingerprint density at radius 3 is 2.70 bits per heavy atom. The van der Waals surface area contributed by atoms with Gasteiger partial charge >= 0.3 is 0 Å². The number of imidazole rings is 1. The summed E-state index contributed by atoms with van der Waals surface area (Å²) in [5.74, 6) is 0.272. The second-order valence-electron chi connectivity index (χ2n) is 5.71. The Balaban J connectivity index is 1.93. The number of aliphatic hydroxyl groups is 1. The van der Waals surface area contributed by atoms with Crippen molar-refractivity contribution in [2.45, 2.75) is 44.2 Å². The van der Waals surface area contributed by atoms with Gasteiger partial charge in [0.05, 0.1) is 18.6 Å². The van der Waals surface area contributed by atoms with E-state index in [9.17, 15) is 5.11 Å². The fourth-order valence-electron chi connectivity index (χ4n) is 3.28. The second-order valence-corrected chi connectivity index (χ2v) is 5.71. The number of rotatable bonds is 4. The Bertz CT molecular complexity index is 520. The number of nitrogens with zero attached hydrogens (tertiary/aromatic N) is 3. The van der Waals surface area contributed by atoms with Crippen LogP contribution in [0.3, 0.4) is 0 Å². The van der Waals surface area contributed by atoms with E-state index >= 15 is 0 Å². The van der Waals surface area contributed by atoms with Crippen LogP contribution in [0.15, 0.2) is 43.1 Å². The molecule has 0 amide bonds. The summed E-state index contributed by atoms with van der Waals surface area (Å²) in [4.78, 5) is 8.50. The Kier molecular flexibility index (Phi) is 3.83. The highest BCUT2D eigenvalue weighted by Crippen LogP contribution is 2.39. The molecule has 0 radical (unpaired) electrons. The molecule has 4 nitrogen and oxygen atoms in total. The van der Waals surface area contributed by atoms with Crippen molar-refractivity contribution in [3.05, 3.63) is 48.8 Å². The molecule has 0 bridgehead atoms. The standard InChI is InChI=1S/C16H21N3O/c20-16(12-19-11-10-17-13-19,14-6-2-1-3-7-14)15-8-4-5-9-18-15/h4-5,8-11,13-14,20H,1-3,6-7,12H2/t16-/m0/s1. The van der Waals surface area contributed by atoms with Gasteiger partial charge in [0.25, 0.3) is 0 Å². The minimum Gasteiger partial charge on any atom is -0.381 e. The summed E-state index contributed by atoms with van der Waals surface area (Å²) in [5.41, 5.74) is -0.122. The third-order valence-electron chi connectivity index (χ3n) is 4.37. The van der Waals surface area contributed by atoms with Crippen molar-refractivity contribution in [3.63, 3.8) is 0 Å². The van der Waals surface area contributed by atoms with E-state index in [4.69, 9.17) is 0 Å². The number of aromatic nitrogens is 3. The van der Waals surface area contributed by atoms with Crippen LogP contribution in [0.4, 0.5) is 0 Å². The van der Waals surface area contributed by atoms with Gasteiger partial charge in [-0.1, -0.05) is 25.3 Å². The SMILES string of the molecule is O[C@](Cn1ccnc1)(c1ccccn1)C1CCCCC1. The molecule has 0 aliphatic heterocycles. The molecule has 1 N–H and O–H groups in total. The Morgan fingerprint density at radius 1 is 1.20 bits per heavy atom. The molecule has 1 aliphatic carbocycles. The maximum atomic E-state index is 11.4. The molecular weight excluding hydrogens is 250 g/mol. The fourth-order valence-corrected chi connectivity index (χ4v) is 3.28. The highest BCUT2D eigenvalue weighted by molar-refractivity contribution is 5.15. The zero-order valence-electron chi connectivity index (χ0n) is 11.7. The second kappa shape index (κ2) is 5.75. The molecular formula is C16H21N3O. The summed E-state index contributed by atoms with van der Waals surface area (Å²) in [6, 6.07) is 5.78. The molecule has 1 fully saturated rings. The number of pyridine rings is 1. The summed E-state index contributed by atoms with van der Waals surface area (Å²) >= 11 is 0. The van der Waals surface area contributed by atoms with Gasteiger partial charge in [-0.2, -0.15) is 0 Å². The summed E-state index contributed by atoms with van der Waals surface area (Å²) in [6.07, 6.45) is 13.0. The van der Waals surface area contributed by atoms with Crippen LogP contribution in [0.2, 0.25) is 0 Å². The summed E-state index contributed by atoms with van der Waals surface area (Å²) in [5, 5.41) is 11.4. The molecule has 106 valence electrons. The van der Waals surface area contributed by atoms with Gasteiger partial charge in [0, 0.05) is 18.6 Å². The molecule has 0 unspecified atom stereocenters. The van der Waals surface area contributed by atoms with E-state index in [1.54, 1.807) is 18.7 Å². The van der Waals surface area contributed by atoms with Gasteiger partial charge in [-0.25, -0.2) is 4.98 Å². The van der Waals surface area contributed by atoms with E-state index in [-0.39, 0.29) is 5.92 Å². The van der Waals surface area contributed by atoms with Crippen LogP contribution in [0.5, 0.6) is 0 Å². The van der Waals surface area contributed by atoms with Crippen molar-refractivity contribution in [2.75, 3.05) is 0 Å². The lowest BCUT2D eigenvalue weighted by atomic mass is 9.75. The Hall–Kier alpha value is -1.68. The van der Waals surface area contributed by atoms with Crippen molar-refractivity contribution in [1.82, 2.24) is 14.5 Å². The summed E-state index contributed by atoms with van der Waals surface area (Å²) in [6.45, 7) is 0.522. The highest BCUT2D eigenvalue weighted by atomic mass is 16.3. The summed E-state index contributed by atoms with van der Waals surface area (Å²) in [7, 11) is 0. The van der Waals surface area contributed by atoms with E-state index < -0.39 is 5.60 Å². The van der Waals surface area contributed by atoms with E-state index in [1.165, 1.54) is 19.3 Å². The van der Waals surface area contributed by atoms with Gasteiger partial charge in [0.15, 0.2) is 0 Å². The minimum atomic E-state index is -0.900. The lowest BCUT2D eigenvalue weighted by molar-refractivity contribution is -0.0567. The molecule has 2 aromatic rings. The molecule has 2 heterocycles. The number of hydrogen-bond acceptors (Lipinski definition) is 3. The van der Waals surface area contributed by atoms with E-state index in [0.29, 0.717) is 6.54 Å². The molecule has 1 atom stereocenters. The van der Waals surface area contributed by atoms with Gasteiger partial charge in [0.2, 0.25) is 0 Å². The molecule has 0 saturated heterocycles. The van der Waals surface area contributed by atoms with E-state index in [0.717, 1.165) is 18.5 Å². The maximum Gasteiger partial charge on any atom is 0.127 e. The molecule has 0 aromatic carbocycles. The Morgan fingerprint density at radius 2 is 2.05 bits per heavy atom. The van der Waals surface area contributed by atoms with Crippen LogP contribution < -0.4 is 0 Å². The van der Waals surface area contributed by atoms with Crippen LogP contribution in [0.1, 0.15) is 37.8 Å². The van der Waals surface area contributed by atoms with Crippen molar-refractivity contribution >= 4 is 0 Å². The molecule has 1 saturated carbocycles. The molecule has 3 rings (SSSR count). The van der Waals surface area contributed by atoms with Crippen molar-refractivity contribution < 1.29 is 5.11 Å². The fraction of sp³-hybridized carbons (Fsp3) is 0.500. The van der Waals surface area contributed by atoms with Gasteiger partial charge in [0.1, 0.15) is 5.60 Å². The van der Waals surface area contributed by atoms with Crippen molar-refractivity contribution in [2.24, 2.45) is 5.92 Å². The normalized spacial score (nSPS) is 19.6. The number of hydrogen-bond donors (Lipinski definition) is 1. The average molecular weight is 271 g/mol. The first-order valence-corrected chi connectivity index (χ1v) is 7.39. The van der Waals surface area contributed by atoms with Gasteiger partial charge < -0.3 is 9.67 Å². The maximum absolute atomic E-state index is 11.4. The van der Waals surface area contributed by atoms with Crippen LogP contribution in [-0.4, -0.2) is 19.6 Å². The summed E-state index contributed by atoms with van der Waals surface area (Å²) < 4.78 is 1.95. The van der Waals surface area contributed by atoms with Crippen LogP contribution in [-0.2, 0) is 12.1 Å². The zero-order chi connectivity index (χ0) is 13.8. The van der Waals surface area contributed by atoms with Gasteiger partial charge in [-0.05, 0) is 30.9 Å². The lowest BCUT2D eigenvalue weighted by Gasteiger charge is -2.38. The first kappa shape index (κ1) is 13.3. The molecule has 20 heavy (non-hydrogen) atoms. The van der Waals surface area contributed by atoms with E-state index in [2.05, 4.69) is 9.97 Å².